The largest absolute Gasteiger partial charge is 0.381 e. The van der Waals surface area contributed by atoms with Gasteiger partial charge in [0, 0.05) is 54.2 Å². The lowest BCUT2D eigenvalue weighted by atomic mass is 9.80. The van der Waals surface area contributed by atoms with Crippen molar-refractivity contribution in [2.24, 2.45) is 16.6 Å². The van der Waals surface area contributed by atoms with E-state index >= 15 is 0 Å². The maximum atomic E-state index is 14.8. The van der Waals surface area contributed by atoms with Crippen LogP contribution in [-0.4, -0.2) is 34.9 Å². The van der Waals surface area contributed by atoms with Crippen LogP contribution in [0.1, 0.15) is 12.0 Å². The molecule has 25 heavy (non-hydrogen) atoms. The van der Waals surface area contributed by atoms with Gasteiger partial charge in [-0.1, -0.05) is 11.8 Å². The van der Waals surface area contributed by atoms with Gasteiger partial charge in [0.15, 0.2) is 5.17 Å². The van der Waals surface area contributed by atoms with Crippen LogP contribution in [0.25, 0.3) is 11.1 Å². The molecular formula is C17H16F2N4OS. The molecule has 1 saturated heterocycles. The lowest BCUT2D eigenvalue weighted by Gasteiger charge is -2.45. The number of hydrogen-bond donors (Lipinski definition) is 1. The van der Waals surface area contributed by atoms with Crippen molar-refractivity contribution in [1.82, 2.24) is 9.97 Å². The highest BCUT2D eigenvalue weighted by Gasteiger charge is 2.48. The number of aliphatic imine (C=N–C) groups is 1. The molecule has 0 aliphatic carbocycles. The number of hydrogen-bond acceptors (Lipinski definition) is 6. The number of fused-ring (bicyclic) bond motifs is 1. The molecule has 130 valence electrons. The van der Waals surface area contributed by atoms with Gasteiger partial charge in [-0.2, -0.15) is 0 Å². The van der Waals surface area contributed by atoms with Crippen LogP contribution < -0.4 is 5.73 Å². The number of aromatic nitrogens is 2. The summed E-state index contributed by atoms with van der Waals surface area (Å²) >= 11 is 1.35. The summed E-state index contributed by atoms with van der Waals surface area (Å²) in [5.74, 6) is -1.23. The van der Waals surface area contributed by atoms with Crippen LogP contribution in [0.2, 0.25) is 0 Å². The maximum Gasteiger partial charge on any atom is 0.154 e. The van der Waals surface area contributed by atoms with Crippen molar-refractivity contribution in [3.63, 3.8) is 0 Å². The highest BCUT2D eigenvalue weighted by atomic mass is 32.2. The van der Waals surface area contributed by atoms with Crippen LogP contribution in [0.15, 0.2) is 35.8 Å². The third-order valence-corrected chi connectivity index (χ3v) is 6.19. The van der Waals surface area contributed by atoms with Crippen LogP contribution in [0, 0.1) is 17.6 Å². The number of amidine groups is 1. The van der Waals surface area contributed by atoms with Gasteiger partial charge in [-0.25, -0.2) is 18.7 Å². The second-order valence-electron chi connectivity index (χ2n) is 6.13. The van der Waals surface area contributed by atoms with Crippen molar-refractivity contribution < 1.29 is 13.5 Å². The lowest BCUT2D eigenvalue weighted by molar-refractivity contribution is 0.0318. The fourth-order valence-corrected chi connectivity index (χ4v) is 4.76. The van der Waals surface area contributed by atoms with E-state index in [0.29, 0.717) is 42.5 Å². The first-order valence-corrected chi connectivity index (χ1v) is 8.73. The van der Waals surface area contributed by atoms with Crippen molar-refractivity contribution >= 4 is 16.9 Å². The normalized spacial score (nSPS) is 26.0. The summed E-state index contributed by atoms with van der Waals surface area (Å²) in [5, 5.41) is 0.423. The van der Waals surface area contributed by atoms with E-state index in [1.54, 1.807) is 6.07 Å². The highest BCUT2D eigenvalue weighted by Crippen LogP contribution is 2.52. The molecule has 1 aromatic carbocycles. The van der Waals surface area contributed by atoms with E-state index in [9.17, 15) is 8.78 Å². The molecule has 4 rings (SSSR count). The summed E-state index contributed by atoms with van der Waals surface area (Å²) in [4.78, 5) is 12.1. The van der Waals surface area contributed by atoms with Crippen molar-refractivity contribution in [3.05, 3.63) is 48.1 Å². The fraction of sp³-hybridized carbons (Fsp3) is 0.353. The van der Waals surface area contributed by atoms with E-state index in [1.165, 1.54) is 30.5 Å². The highest BCUT2D eigenvalue weighted by molar-refractivity contribution is 8.14. The molecule has 2 atom stereocenters. The molecular weight excluding hydrogens is 346 g/mol. The van der Waals surface area contributed by atoms with Crippen LogP contribution in [0.3, 0.4) is 0 Å². The third kappa shape index (κ3) is 2.79. The van der Waals surface area contributed by atoms with Gasteiger partial charge in [-0.3, -0.25) is 4.99 Å². The van der Waals surface area contributed by atoms with Gasteiger partial charge in [0.2, 0.25) is 0 Å². The van der Waals surface area contributed by atoms with E-state index in [1.807, 2.05) is 0 Å². The summed E-state index contributed by atoms with van der Waals surface area (Å²) in [6.45, 7) is 1.45. The molecule has 0 saturated carbocycles. The number of thioether (sulfide) groups is 1. The number of nitrogens with zero attached hydrogens (tertiary/aromatic N) is 3. The first-order valence-electron chi connectivity index (χ1n) is 7.92. The van der Waals surface area contributed by atoms with E-state index in [-0.39, 0.29) is 11.5 Å². The second kappa shape index (κ2) is 6.34. The number of rotatable bonds is 2. The first kappa shape index (κ1) is 16.4. The smallest absolute Gasteiger partial charge is 0.154 e. The molecule has 0 amide bonds. The van der Waals surface area contributed by atoms with E-state index in [4.69, 9.17) is 10.5 Å². The van der Waals surface area contributed by atoms with Crippen molar-refractivity contribution in [3.8, 4) is 11.1 Å². The second-order valence-corrected chi connectivity index (χ2v) is 7.48. The standard InChI is InChI=1S/C17H16F2N4OS/c18-14-4-15(19)13(3-12(14)10-5-21-9-22-6-10)17-1-2-24-8-11(17)7-23-16(20)25-17/h3-6,9,11H,1-2,7-8H2,(H2,20,23)/t11?,17-/m0/s1. The average molecular weight is 362 g/mol. The average Bonchev–Trinajstić information content (AvgIpc) is 2.62. The van der Waals surface area contributed by atoms with E-state index < -0.39 is 16.4 Å². The Morgan fingerprint density at radius 1 is 1.20 bits per heavy atom. The zero-order chi connectivity index (χ0) is 17.4. The zero-order valence-corrected chi connectivity index (χ0v) is 14.1. The van der Waals surface area contributed by atoms with Gasteiger partial charge in [0.25, 0.3) is 0 Å². The Hall–Kier alpha value is -2.06. The fourth-order valence-electron chi connectivity index (χ4n) is 3.48. The Morgan fingerprint density at radius 2 is 2.00 bits per heavy atom. The molecule has 0 spiro atoms. The van der Waals surface area contributed by atoms with Crippen molar-refractivity contribution in [1.29, 1.82) is 0 Å². The monoisotopic (exact) mass is 362 g/mol. The molecule has 2 aromatic rings. The molecule has 8 heteroatoms. The van der Waals surface area contributed by atoms with Crippen molar-refractivity contribution in [2.75, 3.05) is 19.8 Å². The Morgan fingerprint density at radius 3 is 2.80 bits per heavy atom. The molecule has 5 nitrogen and oxygen atoms in total. The topological polar surface area (TPSA) is 73.4 Å². The Bertz CT molecular complexity index is 833. The lowest BCUT2D eigenvalue weighted by Crippen LogP contribution is -2.46. The van der Waals surface area contributed by atoms with Gasteiger partial charge in [0.1, 0.15) is 18.0 Å². The van der Waals surface area contributed by atoms with Crippen molar-refractivity contribution in [2.45, 2.75) is 11.2 Å². The predicted octanol–water partition coefficient (Wildman–Crippen LogP) is 2.72. The van der Waals surface area contributed by atoms with Crippen LogP contribution >= 0.6 is 11.8 Å². The van der Waals surface area contributed by atoms with E-state index in [0.717, 1.165) is 6.07 Å². The van der Waals surface area contributed by atoms with Gasteiger partial charge < -0.3 is 10.5 Å². The van der Waals surface area contributed by atoms with Gasteiger partial charge in [0.05, 0.1) is 11.4 Å². The molecule has 1 unspecified atom stereocenters. The molecule has 2 N–H and O–H groups in total. The number of ether oxygens (including phenoxy) is 1. The summed E-state index contributed by atoms with van der Waals surface area (Å²) in [7, 11) is 0. The summed E-state index contributed by atoms with van der Waals surface area (Å²) in [6.07, 6.45) is 4.98. The minimum atomic E-state index is -0.640. The summed E-state index contributed by atoms with van der Waals surface area (Å²) in [6, 6.07) is 2.49. The molecule has 1 fully saturated rings. The quantitative estimate of drug-likeness (QED) is 0.889. The number of nitrogens with two attached hydrogens (primary N) is 1. The number of benzene rings is 1. The summed E-state index contributed by atoms with van der Waals surface area (Å²) < 4.78 is 34.2. The minimum Gasteiger partial charge on any atom is -0.381 e. The minimum absolute atomic E-state index is 0.0154. The predicted molar refractivity (Wildman–Crippen MR) is 92.1 cm³/mol. The first-order chi connectivity index (χ1) is 12.1. The zero-order valence-electron chi connectivity index (χ0n) is 13.3. The molecule has 2 aliphatic rings. The van der Waals surface area contributed by atoms with Gasteiger partial charge in [-0.05, 0) is 12.5 Å². The third-order valence-electron chi connectivity index (χ3n) is 4.73. The Balaban J connectivity index is 1.88. The SMILES string of the molecule is NC1=NCC2COCC[C@]2(c2cc(-c3cncnc3)c(F)cc2F)S1. The van der Waals surface area contributed by atoms with E-state index in [2.05, 4.69) is 15.0 Å². The Labute approximate surface area is 147 Å². The molecule has 0 bridgehead atoms. The molecule has 1 aromatic heterocycles. The maximum absolute atomic E-state index is 14.8. The Kier molecular flexibility index (Phi) is 4.16. The number of halogens is 2. The van der Waals surface area contributed by atoms with Crippen LogP contribution in [-0.2, 0) is 9.48 Å². The molecule has 2 aliphatic heterocycles. The van der Waals surface area contributed by atoms with Crippen LogP contribution in [0.5, 0.6) is 0 Å². The van der Waals surface area contributed by atoms with Gasteiger partial charge in [-0.15, -0.1) is 0 Å². The summed E-state index contributed by atoms with van der Waals surface area (Å²) in [5.41, 5.74) is 7.16. The van der Waals surface area contributed by atoms with Gasteiger partial charge >= 0.3 is 0 Å². The molecule has 3 heterocycles. The van der Waals surface area contributed by atoms with Crippen LogP contribution in [0.4, 0.5) is 8.78 Å². The molecule has 0 radical (unpaired) electrons.